The molecule has 2 rings (SSSR count). The quantitative estimate of drug-likeness (QED) is 0.765. The number of aromatic nitrogens is 2. The molecule has 0 aliphatic carbocycles. The van der Waals surface area contributed by atoms with Crippen LogP contribution >= 0.6 is 0 Å². The second kappa shape index (κ2) is 3.60. The smallest absolute Gasteiger partial charge is 0.356 e. The van der Waals surface area contributed by atoms with Gasteiger partial charge in [0.2, 0.25) is 5.95 Å². The molecule has 0 aromatic carbocycles. The minimum absolute atomic E-state index is 0.0817. The highest BCUT2D eigenvalue weighted by atomic mass is 19.4. The average molecular weight is 241 g/mol. The lowest BCUT2D eigenvalue weighted by Crippen LogP contribution is -2.27. The van der Waals surface area contributed by atoms with E-state index in [0.717, 1.165) is 4.57 Å². The molecular weight excluding hydrogens is 233 g/mol. The van der Waals surface area contributed by atoms with E-state index in [1.807, 2.05) is 0 Å². The standard InChI is InChI=1S/C8H8F5N3/c9-6(10)4-1-2-14-7-15-5(3-16(4)7)8(11,12)13/h3-4,6H,1-2H2,(H,14,15). The van der Waals surface area contributed by atoms with Crippen LogP contribution in [0.2, 0.25) is 0 Å². The summed E-state index contributed by atoms with van der Waals surface area (Å²) in [6, 6.07) is -1.24. The Bertz CT molecular complexity index is 384. The summed E-state index contributed by atoms with van der Waals surface area (Å²) < 4.78 is 62.9. The normalized spacial score (nSPS) is 20.8. The lowest BCUT2D eigenvalue weighted by Gasteiger charge is -2.24. The molecule has 0 spiro atoms. The van der Waals surface area contributed by atoms with Crippen LogP contribution in [0.4, 0.5) is 27.9 Å². The largest absolute Gasteiger partial charge is 0.434 e. The van der Waals surface area contributed by atoms with Gasteiger partial charge in [0.05, 0.1) is 6.04 Å². The first-order valence-electron chi connectivity index (χ1n) is 4.57. The van der Waals surface area contributed by atoms with Gasteiger partial charge in [-0.2, -0.15) is 13.2 Å². The Labute approximate surface area is 87.3 Å². The maximum Gasteiger partial charge on any atom is 0.434 e. The molecule has 0 amide bonds. The van der Waals surface area contributed by atoms with Crippen LogP contribution < -0.4 is 5.32 Å². The summed E-state index contributed by atoms with van der Waals surface area (Å²) in [7, 11) is 0. The van der Waals surface area contributed by atoms with Crippen LogP contribution in [0.3, 0.4) is 0 Å². The van der Waals surface area contributed by atoms with Gasteiger partial charge in [-0.15, -0.1) is 0 Å². The summed E-state index contributed by atoms with van der Waals surface area (Å²) in [6.45, 7) is 0.198. The van der Waals surface area contributed by atoms with Crippen molar-refractivity contribution in [1.29, 1.82) is 0 Å². The molecule has 1 aliphatic heterocycles. The summed E-state index contributed by atoms with van der Waals surface area (Å²) in [6.07, 6.45) is -6.61. The minimum Gasteiger partial charge on any atom is -0.356 e. The van der Waals surface area contributed by atoms with E-state index in [-0.39, 0.29) is 18.9 Å². The van der Waals surface area contributed by atoms with E-state index in [4.69, 9.17) is 0 Å². The van der Waals surface area contributed by atoms with E-state index in [9.17, 15) is 22.0 Å². The lowest BCUT2D eigenvalue weighted by atomic mass is 10.2. The van der Waals surface area contributed by atoms with Crippen LogP contribution in [0.25, 0.3) is 0 Å². The number of alkyl halides is 5. The van der Waals surface area contributed by atoms with E-state index < -0.39 is 24.3 Å². The number of anilines is 1. The van der Waals surface area contributed by atoms with Gasteiger partial charge in [0.25, 0.3) is 6.43 Å². The fourth-order valence-electron chi connectivity index (χ4n) is 1.63. The van der Waals surface area contributed by atoms with E-state index >= 15 is 0 Å². The molecule has 1 N–H and O–H groups in total. The molecule has 0 fully saturated rings. The molecule has 8 heteroatoms. The molecule has 2 heterocycles. The number of hydrogen-bond acceptors (Lipinski definition) is 2. The van der Waals surface area contributed by atoms with Crippen LogP contribution in [0.1, 0.15) is 18.2 Å². The summed E-state index contributed by atoms with van der Waals surface area (Å²) >= 11 is 0. The second-order valence-electron chi connectivity index (χ2n) is 3.47. The van der Waals surface area contributed by atoms with Crippen molar-refractivity contribution in [1.82, 2.24) is 9.55 Å². The first kappa shape index (κ1) is 11.2. The Hall–Kier alpha value is -1.34. The van der Waals surface area contributed by atoms with Gasteiger partial charge >= 0.3 is 6.18 Å². The van der Waals surface area contributed by atoms with Gasteiger partial charge in [-0.3, -0.25) is 0 Å². The maximum atomic E-state index is 12.5. The molecule has 1 aliphatic rings. The number of fused-ring (bicyclic) bond motifs is 1. The first-order chi connectivity index (χ1) is 7.39. The molecule has 1 atom stereocenters. The Morgan fingerprint density at radius 1 is 1.44 bits per heavy atom. The highest BCUT2D eigenvalue weighted by Crippen LogP contribution is 2.34. The second-order valence-corrected chi connectivity index (χ2v) is 3.47. The molecule has 0 radical (unpaired) electrons. The summed E-state index contributed by atoms with van der Waals surface area (Å²) in [5, 5.41) is 2.56. The van der Waals surface area contributed by atoms with Crippen molar-refractivity contribution >= 4 is 5.95 Å². The number of hydrogen-bond donors (Lipinski definition) is 1. The molecule has 1 aromatic heterocycles. The highest BCUT2D eigenvalue weighted by molar-refractivity contribution is 5.33. The van der Waals surface area contributed by atoms with Crippen LogP contribution in [0, 0.1) is 0 Å². The Kier molecular flexibility index (Phi) is 2.51. The number of imidazole rings is 1. The molecule has 0 bridgehead atoms. The molecule has 1 unspecified atom stereocenters. The van der Waals surface area contributed by atoms with Crippen LogP contribution in [-0.4, -0.2) is 22.5 Å². The van der Waals surface area contributed by atoms with Crippen molar-refractivity contribution in [3.63, 3.8) is 0 Å². The number of nitrogens with zero attached hydrogens (tertiary/aromatic N) is 2. The monoisotopic (exact) mass is 241 g/mol. The third kappa shape index (κ3) is 1.83. The lowest BCUT2D eigenvalue weighted by molar-refractivity contribution is -0.141. The fourth-order valence-corrected chi connectivity index (χ4v) is 1.63. The fraction of sp³-hybridized carbons (Fsp3) is 0.625. The SMILES string of the molecule is FC(F)C1CCNc2nc(C(F)(F)F)cn21. The molecule has 3 nitrogen and oxygen atoms in total. The Morgan fingerprint density at radius 3 is 2.69 bits per heavy atom. The van der Waals surface area contributed by atoms with E-state index in [2.05, 4.69) is 10.3 Å². The van der Waals surface area contributed by atoms with Crippen molar-refractivity contribution in [2.45, 2.75) is 25.1 Å². The van der Waals surface area contributed by atoms with Gasteiger partial charge in [0.1, 0.15) is 0 Å². The van der Waals surface area contributed by atoms with Crippen molar-refractivity contribution in [2.24, 2.45) is 0 Å². The van der Waals surface area contributed by atoms with Gasteiger partial charge in [-0.25, -0.2) is 13.8 Å². The Morgan fingerprint density at radius 2 is 2.12 bits per heavy atom. The molecular formula is C8H8F5N3. The third-order valence-electron chi connectivity index (χ3n) is 2.39. The average Bonchev–Trinajstić information content (AvgIpc) is 2.59. The zero-order valence-electron chi connectivity index (χ0n) is 7.93. The molecule has 16 heavy (non-hydrogen) atoms. The van der Waals surface area contributed by atoms with Crippen molar-refractivity contribution in [3.05, 3.63) is 11.9 Å². The minimum atomic E-state index is -4.61. The summed E-state index contributed by atoms with van der Waals surface area (Å²) in [4.78, 5) is 3.25. The highest BCUT2D eigenvalue weighted by Gasteiger charge is 2.37. The first-order valence-corrected chi connectivity index (χ1v) is 4.57. The number of rotatable bonds is 1. The summed E-state index contributed by atoms with van der Waals surface area (Å²) in [5.41, 5.74) is -1.15. The van der Waals surface area contributed by atoms with Crippen LogP contribution in [0.15, 0.2) is 6.20 Å². The predicted molar refractivity (Wildman–Crippen MR) is 45.4 cm³/mol. The third-order valence-corrected chi connectivity index (χ3v) is 2.39. The number of halogens is 5. The molecule has 0 saturated heterocycles. The van der Waals surface area contributed by atoms with Gasteiger partial charge in [-0.05, 0) is 6.42 Å². The van der Waals surface area contributed by atoms with Gasteiger partial charge < -0.3 is 9.88 Å². The predicted octanol–water partition coefficient (Wildman–Crippen LogP) is 2.52. The van der Waals surface area contributed by atoms with E-state index in [1.165, 1.54) is 0 Å². The summed E-state index contributed by atoms with van der Waals surface area (Å²) in [5.74, 6) is -0.149. The van der Waals surface area contributed by atoms with E-state index in [1.54, 1.807) is 0 Å². The topological polar surface area (TPSA) is 29.9 Å². The van der Waals surface area contributed by atoms with Gasteiger partial charge in [0, 0.05) is 12.7 Å². The number of nitrogens with one attached hydrogen (secondary N) is 1. The zero-order valence-corrected chi connectivity index (χ0v) is 7.93. The molecule has 90 valence electrons. The molecule has 1 aromatic rings. The van der Waals surface area contributed by atoms with E-state index in [0.29, 0.717) is 6.20 Å². The van der Waals surface area contributed by atoms with Crippen LogP contribution in [0.5, 0.6) is 0 Å². The van der Waals surface area contributed by atoms with Crippen molar-refractivity contribution < 1.29 is 22.0 Å². The Balaban J connectivity index is 2.38. The molecule has 0 saturated carbocycles. The van der Waals surface area contributed by atoms with Crippen LogP contribution in [-0.2, 0) is 6.18 Å². The maximum absolute atomic E-state index is 12.5. The van der Waals surface area contributed by atoms with Crippen molar-refractivity contribution in [2.75, 3.05) is 11.9 Å². The van der Waals surface area contributed by atoms with Crippen molar-refractivity contribution in [3.8, 4) is 0 Å². The zero-order chi connectivity index (χ0) is 11.9. The van der Waals surface area contributed by atoms with Gasteiger partial charge in [0.15, 0.2) is 5.69 Å². The van der Waals surface area contributed by atoms with Gasteiger partial charge in [-0.1, -0.05) is 0 Å².